The number of ether oxygens (including phenoxy) is 1. The van der Waals surface area contributed by atoms with E-state index in [1.54, 1.807) is 0 Å². The van der Waals surface area contributed by atoms with Crippen LogP contribution in [0.4, 0.5) is 11.9 Å². The third-order valence-corrected chi connectivity index (χ3v) is 4.27. The Morgan fingerprint density at radius 3 is 2.76 bits per heavy atom. The molecule has 6 nitrogen and oxygen atoms in total. The molecule has 2 fully saturated rings. The Hall–Kier alpha value is -1.14. The Bertz CT molecular complexity index is 474. The zero-order valence-corrected chi connectivity index (χ0v) is 13.2. The van der Waals surface area contributed by atoms with Crippen LogP contribution < -0.4 is 9.80 Å². The number of halogens is 1. The van der Waals surface area contributed by atoms with E-state index in [0.29, 0.717) is 17.8 Å². The van der Waals surface area contributed by atoms with Crippen LogP contribution in [0.3, 0.4) is 0 Å². The van der Waals surface area contributed by atoms with Gasteiger partial charge in [-0.1, -0.05) is 0 Å². The van der Waals surface area contributed by atoms with E-state index >= 15 is 0 Å². The van der Waals surface area contributed by atoms with Crippen molar-refractivity contribution in [3.63, 3.8) is 0 Å². The Kier molecular flexibility index (Phi) is 4.75. The van der Waals surface area contributed by atoms with Gasteiger partial charge in [-0.3, -0.25) is 0 Å². The molecule has 2 saturated heterocycles. The van der Waals surface area contributed by atoms with Gasteiger partial charge in [0.25, 0.3) is 0 Å². The van der Waals surface area contributed by atoms with Crippen molar-refractivity contribution < 1.29 is 4.74 Å². The molecule has 0 N–H and O–H groups in total. The summed E-state index contributed by atoms with van der Waals surface area (Å²) in [7, 11) is 2.01. The van der Waals surface area contributed by atoms with Gasteiger partial charge >= 0.3 is 0 Å². The molecule has 7 heteroatoms. The van der Waals surface area contributed by atoms with Gasteiger partial charge in [0.15, 0.2) is 0 Å². The molecule has 1 atom stereocenters. The van der Waals surface area contributed by atoms with Gasteiger partial charge in [0, 0.05) is 33.3 Å². The predicted molar refractivity (Wildman–Crippen MR) is 83.1 cm³/mol. The zero-order valence-electron chi connectivity index (χ0n) is 12.5. The van der Waals surface area contributed by atoms with E-state index in [9.17, 15) is 0 Å². The van der Waals surface area contributed by atoms with Gasteiger partial charge in [-0.25, -0.2) is 0 Å². The summed E-state index contributed by atoms with van der Waals surface area (Å²) in [6.45, 7) is 4.60. The number of nitrogens with zero attached hydrogens (tertiary/aromatic N) is 5. The highest BCUT2D eigenvalue weighted by molar-refractivity contribution is 6.28. The Labute approximate surface area is 130 Å². The molecule has 0 aromatic carbocycles. The monoisotopic (exact) mass is 311 g/mol. The first kappa shape index (κ1) is 14.8. The quantitative estimate of drug-likeness (QED) is 0.847. The number of aromatic nitrogens is 3. The molecule has 1 unspecified atom stereocenters. The van der Waals surface area contributed by atoms with Crippen molar-refractivity contribution in [3.05, 3.63) is 5.28 Å². The summed E-state index contributed by atoms with van der Waals surface area (Å²) in [6.07, 6.45) is 4.71. The van der Waals surface area contributed by atoms with Crippen molar-refractivity contribution in [3.8, 4) is 0 Å². The second-order valence-corrected chi connectivity index (χ2v) is 6.20. The number of hydrogen-bond donors (Lipinski definition) is 0. The van der Waals surface area contributed by atoms with Crippen LogP contribution in [0.2, 0.25) is 5.28 Å². The van der Waals surface area contributed by atoms with Crippen molar-refractivity contribution in [2.75, 3.05) is 49.7 Å². The Balaban J connectivity index is 1.70. The largest absolute Gasteiger partial charge is 0.381 e. The fraction of sp³-hybridized carbons (Fsp3) is 0.786. The minimum atomic E-state index is 0.272. The average molecular weight is 312 g/mol. The van der Waals surface area contributed by atoms with E-state index in [0.717, 1.165) is 39.3 Å². The third kappa shape index (κ3) is 3.74. The Morgan fingerprint density at radius 2 is 2.05 bits per heavy atom. The van der Waals surface area contributed by atoms with Gasteiger partial charge in [-0.05, 0) is 43.2 Å². The number of anilines is 2. The lowest BCUT2D eigenvalue weighted by atomic mass is 10.0. The fourth-order valence-corrected chi connectivity index (χ4v) is 3.13. The van der Waals surface area contributed by atoms with Crippen LogP contribution in [0.5, 0.6) is 0 Å². The van der Waals surface area contributed by atoms with E-state index in [4.69, 9.17) is 16.3 Å². The number of hydrogen-bond acceptors (Lipinski definition) is 6. The lowest BCUT2D eigenvalue weighted by molar-refractivity contribution is 0.0575. The van der Waals surface area contributed by atoms with Gasteiger partial charge in [-0.15, -0.1) is 0 Å². The molecular weight excluding hydrogens is 290 g/mol. The van der Waals surface area contributed by atoms with Crippen molar-refractivity contribution >= 4 is 23.5 Å². The molecule has 116 valence electrons. The normalized spacial score (nSPS) is 22.6. The zero-order chi connectivity index (χ0) is 14.7. The van der Waals surface area contributed by atoms with Crippen molar-refractivity contribution in [1.29, 1.82) is 0 Å². The minimum Gasteiger partial charge on any atom is -0.381 e. The summed E-state index contributed by atoms with van der Waals surface area (Å²) < 4.78 is 5.53. The van der Waals surface area contributed by atoms with Crippen LogP contribution in [0, 0.1) is 5.92 Å². The van der Waals surface area contributed by atoms with Gasteiger partial charge in [0.05, 0.1) is 6.61 Å². The summed E-state index contributed by atoms with van der Waals surface area (Å²) in [5.74, 6) is 1.89. The van der Waals surface area contributed by atoms with E-state index in [2.05, 4.69) is 24.8 Å². The lowest BCUT2D eigenvalue weighted by Gasteiger charge is -2.27. The predicted octanol–water partition coefficient (Wildman–Crippen LogP) is 1.99. The third-order valence-electron chi connectivity index (χ3n) is 4.10. The van der Waals surface area contributed by atoms with E-state index < -0.39 is 0 Å². The molecule has 0 radical (unpaired) electrons. The molecule has 3 heterocycles. The van der Waals surface area contributed by atoms with Crippen LogP contribution in [0.25, 0.3) is 0 Å². The molecule has 0 spiro atoms. The first-order valence-electron chi connectivity index (χ1n) is 7.68. The smallest absolute Gasteiger partial charge is 0.231 e. The summed E-state index contributed by atoms with van der Waals surface area (Å²) in [4.78, 5) is 17.4. The van der Waals surface area contributed by atoms with Gasteiger partial charge in [0.2, 0.25) is 17.2 Å². The van der Waals surface area contributed by atoms with Gasteiger partial charge < -0.3 is 14.5 Å². The van der Waals surface area contributed by atoms with Crippen molar-refractivity contribution in [2.24, 2.45) is 5.92 Å². The standard InChI is InChI=1S/C14H22ClN5O/c1-19(9-11-5-4-8-21-10-11)13-16-12(15)17-14(18-13)20-6-2-3-7-20/h11H,2-10H2,1H3. The minimum absolute atomic E-state index is 0.272. The van der Waals surface area contributed by atoms with Crippen LogP contribution in [0.15, 0.2) is 0 Å². The van der Waals surface area contributed by atoms with Gasteiger partial charge in [-0.2, -0.15) is 15.0 Å². The summed E-state index contributed by atoms with van der Waals surface area (Å²) in [5.41, 5.74) is 0. The molecule has 0 bridgehead atoms. The second kappa shape index (κ2) is 6.75. The highest BCUT2D eigenvalue weighted by Gasteiger charge is 2.20. The molecule has 0 amide bonds. The maximum absolute atomic E-state index is 6.08. The molecule has 0 aliphatic carbocycles. The second-order valence-electron chi connectivity index (χ2n) is 5.86. The molecule has 21 heavy (non-hydrogen) atoms. The van der Waals surface area contributed by atoms with Crippen LogP contribution in [-0.2, 0) is 4.74 Å². The topological polar surface area (TPSA) is 54.4 Å². The summed E-state index contributed by atoms with van der Waals surface area (Å²) >= 11 is 6.08. The molecular formula is C14H22ClN5O. The van der Waals surface area contributed by atoms with E-state index in [-0.39, 0.29) is 5.28 Å². The van der Waals surface area contributed by atoms with E-state index in [1.165, 1.54) is 19.3 Å². The highest BCUT2D eigenvalue weighted by Crippen LogP contribution is 2.21. The average Bonchev–Trinajstić information content (AvgIpc) is 3.02. The first-order valence-corrected chi connectivity index (χ1v) is 8.05. The maximum atomic E-state index is 6.08. The molecule has 2 aliphatic rings. The fourth-order valence-electron chi connectivity index (χ4n) is 2.98. The number of rotatable bonds is 4. The van der Waals surface area contributed by atoms with Crippen molar-refractivity contribution in [1.82, 2.24) is 15.0 Å². The van der Waals surface area contributed by atoms with Crippen LogP contribution >= 0.6 is 11.6 Å². The molecule has 1 aromatic rings. The molecule has 3 rings (SSSR count). The summed E-state index contributed by atoms with van der Waals surface area (Å²) in [6, 6.07) is 0. The van der Waals surface area contributed by atoms with Gasteiger partial charge in [0.1, 0.15) is 0 Å². The van der Waals surface area contributed by atoms with Crippen LogP contribution in [0.1, 0.15) is 25.7 Å². The molecule has 2 aliphatic heterocycles. The molecule has 1 aromatic heterocycles. The lowest BCUT2D eigenvalue weighted by Crippen LogP contribution is -2.32. The SMILES string of the molecule is CN(CC1CCCOC1)c1nc(Cl)nc(N2CCCC2)n1. The van der Waals surface area contributed by atoms with Crippen LogP contribution in [-0.4, -0.2) is 54.8 Å². The summed E-state index contributed by atoms with van der Waals surface area (Å²) in [5, 5.41) is 0.272. The Morgan fingerprint density at radius 1 is 1.24 bits per heavy atom. The van der Waals surface area contributed by atoms with Crippen molar-refractivity contribution in [2.45, 2.75) is 25.7 Å². The first-order chi connectivity index (χ1) is 10.2. The maximum Gasteiger partial charge on any atom is 0.231 e. The molecule has 0 saturated carbocycles. The highest BCUT2D eigenvalue weighted by atomic mass is 35.5. The van der Waals surface area contributed by atoms with E-state index in [1.807, 2.05) is 7.05 Å².